The van der Waals surface area contributed by atoms with Crippen molar-refractivity contribution in [2.24, 2.45) is 11.8 Å². The van der Waals surface area contributed by atoms with E-state index in [4.69, 9.17) is 4.98 Å². The van der Waals surface area contributed by atoms with Gasteiger partial charge in [-0.3, -0.25) is 0 Å². The molecule has 2 heterocycles. The Morgan fingerprint density at radius 1 is 1.22 bits per heavy atom. The van der Waals surface area contributed by atoms with E-state index in [-0.39, 0.29) is 0 Å². The number of thiazole rings is 1. The maximum absolute atomic E-state index is 4.98. The van der Waals surface area contributed by atoms with Crippen molar-refractivity contribution in [3.05, 3.63) is 16.1 Å². The van der Waals surface area contributed by atoms with Gasteiger partial charge in [-0.05, 0) is 56.9 Å². The lowest BCUT2D eigenvalue weighted by Gasteiger charge is -2.11. The fourth-order valence-corrected chi connectivity index (χ4v) is 4.57. The minimum absolute atomic E-state index is 0.695. The molecule has 1 saturated heterocycles. The van der Waals surface area contributed by atoms with Crippen molar-refractivity contribution in [1.29, 1.82) is 0 Å². The number of hydrogen-bond donors (Lipinski definition) is 1. The molecule has 4 rings (SSSR count). The summed E-state index contributed by atoms with van der Waals surface area (Å²) in [7, 11) is 0. The summed E-state index contributed by atoms with van der Waals surface area (Å²) in [6.07, 6.45) is 9.66. The smallest absolute Gasteiger partial charge is 0.0964 e. The monoisotopic (exact) mass is 262 g/mol. The molecule has 1 N–H and O–H groups in total. The Bertz CT molecular complexity index is 402. The van der Waals surface area contributed by atoms with Crippen molar-refractivity contribution in [1.82, 2.24) is 10.3 Å². The Kier molecular flexibility index (Phi) is 2.92. The predicted molar refractivity (Wildman–Crippen MR) is 75.0 cm³/mol. The van der Waals surface area contributed by atoms with E-state index in [1.54, 1.807) is 0 Å². The van der Waals surface area contributed by atoms with Gasteiger partial charge in [-0.2, -0.15) is 0 Å². The molecule has 0 spiro atoms. The minimum atomic E-state index is 0.695. The van der Waals surface area contributed by atoms with Crippen molar-refractivity contribution in [2.75, 3.05) is 6.54 Å². The number of rotatable bonds is 5. The van der Waals surface area contributed by atoms with E-state index in [1.807, 2.05) is 11.3 Å². The van der Waals surface area contributed by atoms with Gasteiger partial charge in [0.2, 0.25) is 0 Å². The molecular formula is C15H22N2S. The average molecular weight is 262 g/mol. The highest BCUT2D eigenvalue weighted by Crippen LogP contribution is 2.54. The summed E-state index contributed by atoms with van der Waals surface area (Å²) in [4.78, 5) is 4.98. The van der Waals surface area contributed by atoms with E-state index in [2.05, 4.69) is 10.7 Å². The molecule has 18 heavy (non-hydrogen) atoms. The van der Waals surface area contributed by atoms with Gasteiger partial charge in [0.05, 0.1) is 10.7 Å². The van der Waals surface area contributed by atoms with E-state index in [0.29, 0.717) is 6.04 Å². The van der Waals surface area contributed by atoms with Crippen LogP contribution in [0.25, 0.3) is 0 Å². The zero-order valence-corrected chi connectivity index (χ0v) is 11.7. The van der Waals surface area contributed by atoms with Gasteiger partial charge in [0.15, 0.2) is 0 Å². The minimum Gasteiger partial charge on any atom is -0.314 e. The third-order valence-electron chi connectivity index (χ3n) is 4.73. The van der Waals surface area contributed by atoms with Crippen LogP contribution in [0.1, 0.15) is 55.1 Å². The van der Waals surface area contributed by atoms with Crippen LogP contribution in [0.3, 0.4) is 0 Å². The number of aromatic nitrogens is 1. The van der Waals surface area contributed by atoms with Crippen LogP contribution >= 0.6 is 11.3 Å². The first-order chi connectivity index (χ1) is 8.90. The third-order valence-corrected chi connectivity index (χ3v) is 5.73. The molecule has 1 aliphatic heterocycles. The molecule has 3 aliphatic rings. The van der Waals surface area contributed by atoms with Gasteiger partial charge in [0.25, 0.3) is 0 Å². The lowest BCUT2D eigenvalue weighted by molar-refractivity contribution is 0.531. The summed E-state index contributed by atoms with van der Waals surface area (Å²) >= 11 is 1.94. The zero-order valence-electron chi connectivity index (χ0n) is 10.9. The molecule has 0 radical (unpaired) electrons. The summed E-state index contributed by atoms with van der Waals surface area (Å²) in [5, 5.41) is 7.37. The fraction of sp³-hybridized carbons (Fsp3) is 0.800. The van der Waals surface area contributed by atoms with Crippen LogP contribution in [0.4, 0.5) is 0 Å². The second-order valence-electron chi connectivity index (χ2n) is 6.38. The SMILES string of the molecule is c1sc(C(C2CC2)C2CC2)nc1CC1CCCN1. The number of nitrogens with one attached hydrogen (secondary N) is 1. The molecule has 1 unspecified atom stereocenters. The van der Waals surface area contributed by atoms with Crippen molar-refractivity contribution in [3.8, 4) is 0 Å². The molecule has 2 aliphatic carbocycles. The largest absolute Gasteiger partial charge is 0.314 e. The molecule has 0 bridgehead atoms. The molecule has 3 heteroatoms. The molecule has 98 valence electrons. The van der Waals surface area contributed by atoms with Gasteiger partial charge in [0.1, 0.15) is 0 Å². The van der Waals surface area contributed by atoms with Crippen molar-refractivity contribution < 1.29 is 0 Å². The van der Waals surface area contributed by atoms with E-state index in [9.17, 15) is 0 Å². The second-order valence-corrected chi connectivity index (χ2v) is 7.26. The average Bonchev–Trinajstić information content (AvgIpc) is 3.28. The summed E-state index contributed by atoms with van der Waals surface area (Å²) < 4.78 is 0. The highest BCUT2D eigenvalue weighted by atomic mass is 32.1. The van der Waals surface area contributed by atoms with Crippen LogP contribution in [0, 0.1) is 11.8 Å². The van der Waals surface area contributed by atoms with Crippen LogP contribution in [-0.4, -0.2) is 17.6 Å². The molecule has 1 atom stereocenters. The lowest BCUT2D eigenvalue weighted by atomic mass is 9.99. The maximum Gasteiger partial charge on any atom is 0.0964 e. The molecule has 0 amide bonds. The number of nitrogens with zero attached hydrogens (tertiary/aromatic N) is 1. The quantitative estimate of drug-likeness (QED) is 0.880. The maximum atomic E-state index is 4.98. The number of hydrogen-bond acceptors (Lipinski definition) is 3. The first-order valence-electron chi connectivity index (χ1n) is 7.58. The second kappa shape index (κ2) is 4.61. The predicted octanol–water partition coefficient (Wildman–Crippen LogP) is 3.34. The molecule has 3 fully saturated rings. The van der Waals surface area contributed by atoms with E-state index in [1.165, 1.54) is 55.8 Å². The summed E-state index contributed by atoms with van der Waals surface area (Å²) in [5.41, 5.74) is 1.35. The third kappa shape index (κ3) is 2.35. The standard InChI is InChI=1S/C15H22N2S/c1-2-12(16-7-1)8-13-9-18-15(17-13)14(10-3-4-10)11-5-6-11/h9-12,14,16H,1-8H2. The van der Waals surface area contributed by atoms with Crippen LogP contribution in [0.15, 0.2) is 5.38 Å². The van der Waals surface area contributed by atoms with Gasteiger partial charge in [-0.15, -0.1) is 11.3 Å². The Labute approximate surface area is 113 Å². The first-order valence-corrected chi connectivity index (χ1v) is 8.46. The van der Waals surface area contributed by atoms with Crippen LogP contribution < -0.4 is 5.32 Å². The molecule has 0 aromatic carbocycles. The van der Waals surface area contributed by atoms with Gasteiger partial charge in [-0.1, -0.05) is 0 Å². The fourth-order valence-electron chi connectivity index (χ4n) is 3.45. The van der Waals surface area contributed by atoms with E-state index in [0.717, 1.165) is 24.2 Å². The van der Waals surface area contributed by atoms with Gasteiger partial charge < -0.3 is 5.32 Å². The highest BCUT2D eigenvalue weighted by molar-refractivity contribution is 7.09. The van der Waals surface area contributed by atoms with Gasteiger partial charge >= 0.3 is 0 Å². The highest BCUT2D eigenvalue weighted by Gasteiger charge is 2.43. The molecular weight excluding hydrogens is 240 g/mol. The Hall–Kier alpha value is -0.410. The Morgan fingerprint density at radius 3 is 2.61 bits per heavy atom. The van der Waals surface area contributed by atoms with Gasteiger partial charge in [0, 0.05) is 23.8 Å². The topological polar surface area (TPSA) is 24.9 Å². The summed E-state index contributed by atoms with van der Waals surface area (Å²) in [6.45, 7) is 1.20. The normalized spacial score (nSPS) is 28.2. The zero-order chi connectivity index (χ0) is 11.9. The molecule has 1 aromatic rings. The Morgan fingerprint density at radius 2 is 2.00 bits per heavy atom. The molecule has 2 saturated carbocycles. The van der Waals surface area contributed by atoms with E-state index < -0.39 is 0 Å². The molecule has 1 aromatic heterocycles. The van der Waals surface area contributed by atoms with Crippen molar-refractivity contribution >= 4 is 11.3 Å². The van der Waals surface area contributed by atoms with E-state index >= 15 is 0 Å². The lowest BCUT2D eigenvalue weighted by Crippen LogP contribution is -2.23. The van der Waals surface area contributed by atoms with Crippen LogP contribution in [-0.2, 0) is 6.42 Å². The Balaban J connectivity index is 1.46. The summed E-state index contributed by atoms with van der Waals surface area (Å²) in [6, 6.07) is 0.695. The first kappa shape index (κ1) is 11.4. The van der Waals surface area contributed by atoms with Crippen LogP contribution in [0.2, 0.25) is 0 Å². The summed E-state index contributed by atoms with van der Waals surface area (Å²) in [5.74, 6) is 2.81. The van der Waals surface area contributed by atoms with Crippen LogP contribution in [0.5, 0.6) is 0 Å². The van der Waals surface area contributed by atoms with Crippen molar-refractivity contribution in [2.45, 2.75) is 56.9 Å². The van der Waals surface area contributed by atoms with Gasteiger partial charge in [-0.25, -0.2) is 4.98 Å². The molecule has 2 nitrogen and oxygen atoms in total. The van der Waals surface area contributed by atoms with Crippen molar-refractivity contribution in [3.63, 3.8) is 0 Å².